The molecule has 2 aromatic rings. The Kier molecular flexibility index (Phi) is 20.4. The van der Waals surface area contributed by atoms with Crippen molar-refractivity contribution in [2.75, 3.05) is 13.2 Å². The average Bonchev–Trinajstić information content (AvgIpc) is 3.61. The van der Waals surface area contributed by atoms with Crippen molar-refractivity contribution >= 4 is 116 Å². The summed E-state index contributed by atoms with van der Waals surface area (Å²) in [5, 5.41) is 0. The Hall–Kier alpha value is 0.442. The van der Waals surface area contributed by atoms with E-state index in [2.05, 4.69) is 169 Å². The zero-order chi connectivity index (χ0) is 33.9. The van der Waals surface area contributed by atoms with Crippen LogP contribution in [-0.4, -0.2) is 53.1 Å². The summed E-state index contributed by atoms with van der Waals surface area (Å²) < 4.78 is 24.7. The molecule has 0 bridgehead atoms. The minimum absolute atomic E-state index is 0. The zero-order valence-electron chi connectivity index (χ0n) is 28.5. The molecule has 2 aliphatic heterocycles. The fourth-order valence-electron chi connectivity index (χ4n) is 4.01. The van der Waals surface area contributed by atoms with Crippen LogP contribution in [0.3, 0.4) is 0 Å². The molecule has 0 spiro atoms. The molecule has 2 aromatic heterocycles. The molecule has 14 heteroatoms. The standard InChI is InChI=1S/C12H22OSSi2.C12H22OSi2.C6H4Br2OS.CH4.BHNS/c1-15(2,3)11-9-7-13-8-10(9)12(14-11)16(4,5)6;1-14(2,3)11-7-9-13-10-8-12-15(4,5)6;7-5-3-1-9-2-4(3)6(8)10-5;;1-2-3/h7-8H2,1-6H3;9-10H2,1-6H3;1-2H2;1H4;3H. The number of hydrogen-bond acceptors (Lipinski definition) is 7. The number of ether oxygens (including phenoxy) is 3. The fourth-order valence-corrected chi connectivity index (χ4v) is 14.8. The maximum atomic E-state index is 5.68. The molecule has 4 nitrogen and oxygen atoms in total. The molecule has 0 aromatic carbocycles. The van der Waals surface area contributed by atoms with Gasteiger partial charge < -0.3 is 14.2 Å². The van der Waals surface area contributed by atoms with Crippen molar-refractivity contribution < 1.29 is 14.2 Å². The van der Waals surface area contributed by atoms with Gasteiger partial charge in [-0.15, -0.1) is 22.4 Å². The van der Waals surface area contributed by atoms with Crippen molar-refractivity contribution in [1.29, 1.82) is 0 Å². The van der Waals surface area contributed by atoms with E-state index >= 15 is 0 Å². The van der Waals surface area contributed by atoms with Crippen LogP contribution in [0.2, 0.25) is 78.6 Å². The third-order valence-electron chi connectivity index (χ3n) is 5.76. The average molecular weight is 867 g/mol. The van der Waals surface area contributed by atoms with E-state index in [4.69, 9.17) is 14.2 Å². The van der Waals surface area contributed by atoms with E-state index in [1.165, 1.54) is 18.7 Å². The maximum absolute atomic E-state index is 5.68. The van der Waals surface area contributed by atoms with Crippen LogP contribution in [0.25, 0.3) is 0 Å². The second-order valence-corrected chi connectivity index (χ2v) is 39.7. The molecule has 2 aliphatic rings. The Labute approximate surface area is 310 Å². The number of thiol groups is 1. The Morgan fingerprint density at radius 1 is 0.689 bits per heavy atom. The van der Waals surface area contributed by atoms with Crippen molar-refractivity contribution in [2.24, 2.45) is 4.30 Å². The van der Waals surface area contributed by atoms with E-state index in [9.17, 15) is 0 Å². The van der Waals surface area contributed by atoms with Gasteiger partial charge in [-0.05, 0) is 52.0 Å². The molecule has 0 unspecified atom stereocenters. The number of halogens is 2. The van der Waals surface area contributed by atoms with Crippen LogP contribution < -0.4 is 9.00 Å². The third kappa shape index (κ3) is 17.1. The molecular weight excluding hydrogens is 814 g/mol. The van der Waals surface area contributed by atoms with E-state index in [-0.39, 0.29) is 7.43 Å². The molecule has 4 heterocycles. The van der Waals surface area contributed by atoms with Crippen molar-refractivity contribution in [2.45, 2.75) is 112 Å². The molecule has 251 valence electrons. The summed E-state index contributed by atoms with van der Waals surface area (Å²) in [6.45, 7) is 32.4. The van der Waals surface area contributed by atoms with Gasteiger partial charge >= 0.3 is 24.8 Å². The van der Waals surface area contributed by atoms with Gasteiger partial charge in [-0.1, -0.05) is 97.8 Å². The Morgan fingerprint density at radius 2 is 1.00 bits per heavy atom. The minimum atomic E-state index is -1.23. The summed E-state index contributed by atoms with van der Waals surface area (Å²) in [5.41, 5.74) is 12.3. The van der Waals surface area contributed by atoms with Gasteiger partial charge in [-0.2, -0.15) is 11.3 Å². The summed E-state index contributed by atoms with van der Waals surface area (Å²) in [7, 11) is -0.490. The predicted molar refractivity (Wildman–Crippen MR) is 224 cm³/mol. The quantitative estimate of drug-likeness (QED) is 0.144. The van der Waals surface area contributed by atoms with Crippen molar-refractivity contribution in [1.82, 2.24) is 0 Å². The van der Waals surface area contributed by atoms with Crippen molar-refractivity contribution in [3.63, 3.8) is 0 Å². The molecule has 0 N–H and O–H groups in total. The van der Waals surface area contributed by atoms with E-state index in [1.54, 1.807) is 31.5 Å². The van der Waals surface area contributed by atoms with Crippen molar-refractivity contribution in [3.8, 4) is 22.9 Å². The van der Waals surface area contributed by atoms with Gasteiger partial charge in [0.05, 0.1) is 50.1 Å². The first-order valence-corrected chi connectivity index (χ1v) is 32.1. The molecule has 0 fully saturated rings. The molecule has 0 saturated carbocycles. The molecule has 0 saturated heterocycles. The first-order chi connectivity index (χ1) is 20.1. The van der Waals surface area contributed by atoms with Crippen LogP contribution in [0, 0.1) is 22.9 Å². The third-order valence-corrected chi connectivity index (χ3v) is 18.9. The summed E-state index contributed by atoms with van der Waals surface area (Å²) >= 11 is 14.0. The number of thiophene rings is 2. The first kappa shape index (κ1) is 45.4. The number of hydrogen-bond donors (Lipinski definition) is 1. The fraction of sp³-hybridized carbons (Fsp3) is 0.613. The van der Waals surface area contributed by atoms with Gasteiger partial charge in [0, 0.05) is 11.1 Å². The molecule has 45 heavy (non-hydrogen) atoms. The molecule has 1 radical (unpaired) electrons. The van der Waals surface area contributed by atoms with E-state index in [0.29, 0.717) is 13.2 Å². The van der Waals surface area contributed by atoms with Crippen LogP contribution in [0.15, 0.2) is 11.9 Å². The van der Waals surface area contributed by atoms with Crippen LogP contribution in [0.5, 0.6) is 0 Å². The molecule has 0 amide bonds. The molecule has 0 aliphatic carbocycles. The van der Waals surface area contributed by atoms with Gasteiger partial charge in [-0.25, -0.2) is 0 Å². The summed E-state index contributed by atoms with van der Waals surface area (Å²) in [6.07, 6.45) is 0. The first-order valence-electron chi connectivity index (χ1n) is 14.5. The normalized spacial score (nSPS) is 13.4. The molecule has 4 rings (SSSR count). The van der Waals surface area contributed by atoms with Gasteiger partial charge in [0.1, 0.15) is 29.4 Å². The van der Waals surface area contributed by atoms with E-state index in [0.717, 1.165) is 26.4 Å². The summed E-state index contributed by atoms with van der Waals surface area (Å²) in [5.74, 6) is 6.11. The zero-order valence-corrected chi connectivity index (χ0v) is 38.2. The summed E-state index contributed by atoms with van der Waals surface area (Å²) in [4.78, 5) is 0. The SMILES string of the molecule is Brc1sc(Br)c2c1COC2.C.C[Si](C)(C)C#CCOCC#C[Si](C)(C)C.C[Si](C)(C)c1sc([Si](C)(C)C)c2c1COC2.[B]=NS. The van der Waals surface area contributed by atoms with Crippen molar-refractivity contribution in [3.05, 3.63) is 29.8 Å². The summed E-state index contributed by atoms with van der Waals surface area (Å²) in [6, 6.07) is 0. The predicted octanol–water partition coefficient (Wildman–Crippen LogP) is 9.76. The second kappa shape index (κ2) is 20.2. The number of rotatable bonds is 4. The van der Waals surface area contributed by atoms with E-state index < -0.39 is 32.3 Å². The second-order valence-electron chi connectivity index (χ2n) is 14.5. The van der Waals surface area contributed by atoms with Crippen LogP contribution in [0.1, 0.15) is 29.7 Å². The van der Waals surface area contributed by atoms with Gasteiger partial charge in [0.15, 0.2) is 0 Å². The Morgan fingerprint density at radius 3 is 1.29 bits per heavy atom. The van der Waals surface area contributed by atoms with Gasteiger partial charge in [0.25, 0.3) is 0 Å². The number of nitrogens with zero attached hydrogens (tertiary/aromatic N) is 1. The number of fused-ring (bicyclic) bond motifs is 2. The van der Waals surface area contributed by atoms with Crippen LogP contribution in [0.4, 0.5) is 0 Å². The Bertz CT molecular complexity index is 1280. The van der Waals surface area contributed by atoms with Gasteiger partial charge in [-0.3, -0.25) is 0 Å². The Balaban J connectivity index is 0.000000623. The van der Waals surface area contributed by atoms with Gasteiger partial charge in [0.2, 0.25) is 0 Å². The topological polar surface area (TPSA) is 40.0 Å². The molecular formula is C31H53BBr2NO3S3Si4. The van der Waals surface area contributed by atoms with Crippen LogP contribution >= 0.6 is 67.3 Å². The monoisotopic (exact) mass is 864 g/mol. The van der Waals surface area contributed by atoms with E-state index in [1.807, 2.05) is 0 Å². The molecule has 0 atom stereocenters. The van der Waals surface area contributed by atoms with Crippen LogP contribution in [-0.2, 0) is 40.6 Å².